The van der Waals surface area contributed by atoms with Crippen molar-refractivity contribution < 1.29 is 4.79 Å². The van der Waals surface area contributed by atoms with E-state index >= 15 is 0 Å². The van der Waals surface area contributed by atoms with Crippen LogP contribution < -0.4 is 5.32 Å². The van der Waals surface area contributed by atoms with Crippen LogP contribution >= 0.6 is 11.6 Å². The van der Waals surface area contributed by atoms with Crippen LogP contribution in [0.25, 0.3) is 5.82 Å². The third-order valence-corrected chi connectivity index (χ3v) is 4.71. The van der Waals surface area contributed by atoms with E-state index in [0.717, 1.165) is 11.1 Å². The fourth-order valence-electron chi connectivity index (χ4n) is 2.95. The highest BCUT2D eigenvalue weighted by atomic mass is 35.5. The first-order valence-corrected chi connectivity index (χ1v) is 9.22. The standard InChI is InChI=1S/C21H18ClN5O/c22-18-11-5-4-10-17(18)14-23-20(28)19-21(26-12-6-7-13-26)27(25-24-19)15-16-8-2-1-3-9-16/h1-13H,14-15H2,(H,23,28). The van der Waals surface area contributed by atoms with Gasteiger partial charge < -0.3 is 9.88 Å². The van der Waals surface area contributed by atoms with E-state index in [1.807, 2.05) is 77.6 Å². The molecule has 1 amide bonds. The quantitative estimate of drug-likeness (QED) is 0.545. The highest BCUT2D eigenvalue weighted by Crippen LogP contribution is 2.17. The second-order valence-corrected chi connectivity index (χ2v) is 6.68. The minimum Gasteiger partial charge on any atom is -0.346 e. The molecule has 2 aromatic heterocycles. The topological polar surface area (TPSA) is 64.7 Å². The lowest BCUT2D eigenvalue weighted by molar-refractivity contribution is 0.0946. The Morgan fingerprint density at radius 2 is 1.68 bits per heavy atom. The molecular weight excluding hydrogens is 374 g/mol. The number of benzene rings is 2. The maximum absolute atomic E-state index is 12.8. The Bertz CT molecular complexity index is 1070. The molecule has 4 rings (SSSR count). The molecule has 140 valence electrons. The van der Waals surface area contributed by atoms with Crippen LogP contribution in [0.2, 0.25) is 5.02 Å². The molecule has 4 aromatic rings. The van der Waals surface area contributed by atoms with Gasteiger partial charge in [-0.1, -0.05) is 65.3 Å². The van der Waals surface area contributed by atoms with E-state index in [9.17, 15) is 4.79 Å². The molecule has 1 N–H and O–H groups in total. The molecule has 2 heterocycles. The zero-order valence-corrected chi connectivity index (χ0v) is 15.8. The van der Waals surface area contributed by atoms with Gasteiger partial charge in [0, 0.05) is 24.0 Å². The van der Waals surface area contributed by atoms with Crippen molar-refractivity contribution >= 4 is 17.5 Å². The SMILES string of the molecule is O=C(NCc1ccccc1Cl)c1nnn(Cc2ccccc2)c1-n1cccc1. The minimum atomic E-state index is -0.303. The number of amides is 1. The van der Waals surface area contributed by atoms with Crippen LogP contribution in [0.3, 0.4) is 0 Å². The van der Waals surface area contributed by atoms with E-state index in [-0.39, 0.29) is 11.6 Å². The van der Waals surface area contributed by atoms with Gasteiger partial charge in [0.2, 0.25) is 0 Å². The Morgan fingerprint density at radius 3 is 2.43 bits per heavy atom. The molecule has 7 heteroatoms. The molecule has 0 aliphatic heterocycles. The third-order valence-electron chi connectivity index (χ3n) is 4.35. The second kappa shape index (κ2) is 8.10. The summed E-state index contributed by atoms with van der Waals surface area (Å²) in [6.45, 7) is 0.828. The number of carbonyl (C=O) groups excluding carboxylic acids is 1. The highest BCUT2D eigenvalue weighted by Gasteiger charge is 2.21. The van der Waals surface area contributed by atoms with Gasteiger partial charge in [-0.25, -0.2) is 4.68 Å². The molecule has 6 nitrogen and oxygen atoms in total. The smallest absolute Gasteiger partial charge is 0.276 e. The van der Waals surface area contributed by atoms with Crippen LogP contribution in [0, 0.1) is 0 Å². The first kappa shape index (κ1) is 18.0. The van der Waals surface area contributed by atoms with Gasteiger partial charge in [-0.15, -0.1) is 5.10 Å². The van der Waals surface area contributed by atoms with Gasteiger partial charge >= 0.3 is 0 Å². The molecule has 28 heavy (non-hydrogen) atoms. The molecule has 0 atom stereocenters. The summed E-state index contributed by atoms with van der Waals surface area (Å²) in [4.78, 5) is 12.8. The summed E-state index contributed by atoms with van der Waals surface area (Å²) in [5, 5.41) is 11.9. The van der Waals surface area contributed by atoms with E-state index in [4.69, 9.17) is 11.6 Å². The normalized spacial score (nSPS) is 10.8. The predicted octanol–water partition coefficient (Wildman–Crippen LogP) is 3.70. The number of rotatable bonds is 6. The fraction of sp³-hybridized carbons (Fsp3) is 0.0952. The number of hydrogen-bond donors (Lipinski definition) is 1. The molecule has 0 saturated heterocycles. The van der Waals surface area contributed by atoms with Gasteiger partial charge in [-0.2, -0.15) is 0 Å². The van der Waals surface area contributed by atoms with E-state index in [2.05, 4.69) is 15.6 Å². The zero-order valence-electron chi connectivity index (χ0n) is 15.0. The maximum atomic E-state index is 12.8. The summed E-state index contributed by atoms with van der Waals surface area (Å²) in [5.41, 5.74) is 2.18. The lowest BCUT2D eigenvalue weighted by Crippen LogP contribution is -2.25. The summed E-state index contributed by atoms with van der Waals surface area (Å²) in [7, 11) is 0. The summed E-state index contributed by atoms with van der Waals surface area (Å²) < 4.78 is 3.56. The van der Waals surface area contributed by atoms with Crippen LogP contribution in [0.5, 0.6) is 0 Å². The van der Waals surface area contributed by atoms with E-state index in [1.165, 1.54) is 0 Å². The molecular formula is C21H18ClN5O. The molecule has 0 bridgehead atoms. The average molecular weight is 392 g/mol. The summed E-state index contributed by atoms with van der Waals surface area (Å²) in [6.07, 6.45) is 3.73. The van der Waals surface area contributed by atoms with Gasteiger partial charge in [0.1, 0.15) is 0 Å². The van der Waals surface area contributed by atoms with Crippen molar-refractivity contribution in [3.63, 3.8) is 0 Å². The maximum Gasteiger partial charge on any atom is 0.276 e. The number of hydrogen-bond acceptors (Lipinski definition) is 3. The highest BCUT2D eigenvalue weighted by molar-refractivity contribution is 6.31. The van der Waals surface area contributed by atoms with Crippen LogP contribution in [0.4, 0.5) is 0 Å². The Hall–Kier alpha value is -3.38. The Balaban J connectivity index is 1.61. The van der Waals surface area contributed by atoms with Crippen molar-refractivity contribution in [3.05, 3.63) is 101 Å². The first-order valence-electron chi connectivity index (χ1n) is 8.85. The minimum absolute atomic E-state index is 0.263. The van der Waals surface area contributed by atoms with E-state index < -0.39 is 0 Å². The van der Waals surface area contributed by atoms with Gasteiger partial charge in [0.25, 0.3) is 5.91 Å². The predicted molar refractivity (Wildman–Crippen MR) is 108 cm³/mol. The summed E-state index contributed by atoms with van der Waals surface area (Å²) in [6, 6.07) is 21.1. The number of carbonyl (C=O) groups is 1. The van der Waals surface area contributed by atoms with E-state index in [0.29, 0.717) is 23.9 Å². The largest absolute Gasteiger partial charge is 0.346 e. The van der Waals surface area contributed by atoms with Crippen molar-refractivity contribution in [1.82, 2.24) is 24.9 Å². The molecule has 0 aliphatic carbocycles. The number of nitrogens with one attached hydrogen (secondary N) is 1. The lowest BCUT2D eigenvalue weighted by atomic mass is 10.2. The number of nitrogens with zero attached hydrogens (tertiary/aromatic N) is 4. The van der Waals surface area contributed by atoms with Gasteiger partial charge in [-0.05, 0) is 29.3 Å². The van der Waals surface area contributed by atoms with Crippen molar-refractivity contribution in [2.75, 3.05) is 0 Å². The van der Waals surface area contributed by atoms with Crippen molar-refractivity contribution in [2.24, 2.45) is 0 Å². The molecule has 0 unspecified atom stereocenters. The van der Waals surface area contributed by atoms with Gasteiger partial charge in [0.05, 0.1) is 6.54 Å². The van der Waals surface area contributed by atoms with Crippen molar-refractivity contribution in [2.45, 2.75) is 13.1 Å². The van der Waals surface area contributed by atoms with Crippen LogP contribution in [-0.4, -0.2) is 25.5 Å². The summed E-state index contributed by atoms with van der Waals surface area (Å²) >= 11 is 6.17. The van der Waals surface area contributed by atoms with Crippen molar-refractivity contribution in [3.8, 4) is 5.82 Å². The molecule has 0 spiro atoms. The molecule has 0 aliphatic rings. The van der Waals surface area contributed by atoms with Gasteiger partial charge in [-0.3, -0.25) is 4.79 Å². The molecule has 0 saturated carbocycles. The van der Waals surface area contributed by atoms with Gasteiger partial charge in [0.15, 0.2) is 11.5 Å². The molecule has 0 radical (unpaired) electrons. The fourth-order valence-corrected chi connectivity index (χ4v) is 3.15. The second-order valence-electron chi connectivity index (χ2n) is 6.27. The lowest BCUT2D eigenvalue weighted by Gasteiger charge is -2.10. The Morgan fingerprint density at radius 1 is 0.964 bits per heavy atom. The summed E-state index contributed by atoms with van der Waals surface area (Å²) in [5.74, 6) is 0.313. The first-order chi connectivity index (χ1) is 13.7. The van der Waals surface area contributed by atoms with E-state index in [1.54, 1.807) is 10.7 Å². The molecule has 2 aromatic carbocycles. The van der Waals surface area contributed by atoms with Crippen LogP contribution in [-0.2, 0) is 13.1 Å². The Kier molecular flexibility index (Phi) is 5.21. The number of aromatic nitrogens is 4. The van der Waals surface area contributed by atoms with Crippen molar-refractivity contribution in [1.29, 1.82) is 0 Å². The molecule has 0 fully saturated rings. The Labute approximate surface area is 167 Å². The van der Waals surface area contributed by atoms with Crippen LogP contribution in [0.15, 0.2) is 79.1 Å². The third kappa shape index (κ3) is 3.82. The monoisotopic (exact) mass is 391 g/mol. The van der Waals surface area contributed by atoms with Crippen LogP contribution in [0.1, 0.15) is 21.6 Å². The average Bonchev–Trinajstić information content (AvgIpc) is 3.37. The number of halogens is 1. The zero-order chi connectivity index (χ0) is 19.3.